The molecule has 0 saturated carbocycles. The van der Waals surface area contributed by atoms with Gasteiger partial charge in [-0.2, -0.15) is 0 Å². The third-order valence-corrected chi connectivity index (χ3v) is 3.76. The molecule has 2 aromatic rings. The lowest BCUT2D eigenvalue weighted by Gasteiger charge is -2.32. The van der Waals surface area contributed by atoms with Gasteiger partial charge in [-0.3, -0.25) is 9.59 Å². The lowest BCUT2D eigenvalue weighted by Crippen LogP contribution is -2.40. The molecule has 1 aliphatic rings. The number of benzene rings is 1. The van der Waals surface area contributed by atoms with E-state index in [0.717, 1.165) is 11.1 Å². The Morgan fingerprint density at radius 2 is 2.14 bits per heavy atom. The number of aromatic nitrogens is 1. The van der Waals surface area contributed by atoms with Crippen molar-refractivity contribution in [2.75, 3.05) is 6.54 Å². The van der Waals surface area contributed by atoms with Crippen LogP contribution in [0.15, 0.2) is 35.0 Å². The van der Waals surface area contributed by atoms with Crippen molar-refractivity contribution in [3.8, 4) is 0 Å². The van der Waals surface area contributed by atoms with Crippen LogP contribution < -0.4 is 0 Å². The molecule has 1 aromatic heterocycles. The molecule has 1 amide bonds. The van der Waals surface area contributed by atoms with Crippen LogP contribution in [0, 0.1) is 6.92 Å². The number of nitrogens with zero attached hydrogens (tertiary/aromatic N) is 2. The number of aliphatic carboxylic acids is 1. The second-order valence-corrected chi connectivity index (χ2v) is 5.07. The summed E-state index contributed by atoms with van der Waals surface area (Å²) >= 11 is 0. The molecule has 108 valence electrons. The normalized spacial score (nSPS) is 17.4. The van der Waals surface area contributed by atoms with Gasteiger partial charge in [0.05, 0.1) is 12.1 Å². The largest absolute Gasteiger partial charge is 0.481 e. The van der Waals surface area contributed by atoms with E-state index in [1.807, 2.05) is 18.2 Å². The van der Waals surface area contributed by atoms with Gasteiger partial charge in [0.25, 0.3) is 5.91 Å². The molecular formula is C15H14N2O4. The van der Waals surface area contributed by atoms with E-state index in [9.17, 15) is 14.7 Å². The molecule has 0 aliphatic carbocycles. The van der Waals surface area contributed by atoms with Crippen LogP contribution in [0.4, 0.5) is 0 Å². The second kappa shape index (κ2) is 5.05. The number of hydrogen-bond acceptors (Lipinski definition) is 4. The van der Waals surface area contributed by atoms with E-state index < -0.39 is 11.9 Å². The topological polar surface area (TPSA) is 83.6 Å². The van der Waals surface area contributed by atoms with Crippen molar-refractivity contribution >= 4 is 11.9 Å². The summed E-state index contributed by atoms with van der Waals surface area (Å²) in [6.45, 7) is 2.20. The van der Waals surface area contributed by atoms with Gasteiger partial charge in [-0.05, 0) is 18.1 Å². The Hall–Kier alpha value is -2.63. The van der Waals surface area contributed by atoms with Crippen LogP contribution in [0.2, 0.25) is 0 Å². The van der Waals surface area contributed by atoms with E-state index in [4.69, 9.17) is 4.52 Å². The fourth-order valence-corrected chi connectivity index (χ4v) is 2.65. The summed E-state index contributed by atoms with van der Waals surface area (Å²) in [5.74, 6) is -1.46. The van der Waals surface area contributed by atoms with Gasteiger partial charge >= 0.3 is 5.97 Å². The molecule has 1 aliphatic heterocycles. The number of carbonyl (C=O) groups excluding carboxylic acids is 1. The number of hydrogen-bond donors (Lipinski definition) is 1. The van der Waals surface area contributed by atoms with Crippen molar-refractivity contribution in [1.82, 2.24) is 10.1 Å². The maximum absolute atomic E-state index is 12.5. The predicted molar refractivity (Wildman–Crippen MR) is 72.8 cm³/mol. The summed E-state index contributed by atoms with van der Waals surface area (Å²) in [4.78, 5) is 25.5. The van der Waals surface area contributed by atoms with Gasteiger partial charge in [-0.1, -0.05) is 29.4 Å². The summed E-state index contributed by atoms with van der Waals surface area (Å²) in [6, 6.07) is 7.32. The molecule has 2 heterocycles. The van der Waals surface area contributed by atoms with Crippen LogP contribution in [0.3, 0.4) is 0 Å². The molecule has 0 bridgehead atoms. The average Bonchev–Trinajstić information content (AvgIpc) is 2.91. The first kappa shape index (κ1) is 13.4. The molecule has 3 rings (SSSR count). The molecule has 1 atom stereocenters. The van der Waals surface area contributed by atoms with Gasteiger partial charge in [0.2, 0.25) is 0 Å². The minimum absolute atomic E-state index is 0.149. The quantitative estimate of drug-likeness (QED) is 0.910. The summed E-state index contributed by atoms with van der Waals surface area (Å²) in [5, 5.41) is 13.0. The third-order valence-electron chi connectivity index (χ3n) is 3.76. The van der Waals surface area contributed by atoms with Crippen LogP contribution >= 0.6 is 0 Å². The van der Waals surface area contributed by atoms with Crippen LogP contribution in [-0.2, 0) is 11.3 Å². The third kappa shape index (κ3) is 2.29. The van der Waals surface area contributed by atoms with Gasteiger partial charge in [-0.25, -0.2) is 0 Å². The minimum atomic E-state index is -0.929. The zero-order valence-electron chi connectivity index (χ0n) is 11.4. The maximum Gasteiger partial charge on any atom is 0.312 e. The molecule has 0 radical (unpaired) electrons. The number of fused-ring (bicyclic) bond motifs is 1. The van der Waals surface area contributed by atoms with E-state index in [0.29, 0.717) is 17.9 Å². The van der Waals surface area contributed by atoms with Crippen LogP contribution in [0.1, 0.15) is 33.2 Å². The van der Waals surface area contributed by atoms with E-state index >= 15 is 0 Å². The molecular weight excluding hydrogens is 272 g/mol. The van der Waals surface area contributed by atoms with Crippen LogP contribution in [0.25, 0.3) is 0 Å². The molecule has 6 heteroatoms. The highest BCUT2D eigenvalue weighted by molar-refractivity contribution is 5.95. The first-order chi connectivity index (χ1) is 10.1. The first-order valence-electron chi connectivity index (χ1n) is 6.59. The van der Waals surface area contributed by atoms with Gasteiger partial charge in [0.1, 0.15) is 11.3 Å². The Labute approximate surface area is 121 Å². The van der Waals surface area contributed by atoms with E-state index in [1.54, 1.807) is 13.0 Å². The van der Waals surface area contributed by atoms with Crippen molar-refractivity contribution in [1.29, 1.82) is 0 Å². The fourth-order valence-electron chi connectivity index (χ4n) is 2.65. The number of rotatable bonds is 2. The number of carbonyl (C=O) groups is 2. The summed E-state index contributed by atoms with van der Waals surface area (Å²) in [6.07, 6.45) is 1.37. The van der Waals surface area contributed by atoms with Gasteiger partial charge in [-0.15, -0.1) is 0 Å². The lowest BCUT2D eigenvalue weighted by atomic mass is 9.89. The van der Waals surface area contributed by atoms with E-state index in [1.165, 1.54) is 11.1 Å². The zero-order valence-corrected chi connectivity index (χ0v) is 11.4. The monoisotopic (exact) mass is 286 g/mol. The molecule has 0 spiro atoms. The van der Waals surface area contributed by atoms with E-state index in [-0.39, 0.29) is 12.5 Å². The van der Waals surface area contributed by atoms with Crippen molar-refractivity contribution in [3.05, 3.63) is 52.9 Å². The molecule has 1 N–H and O–H groups in total. The molecule has 1 unspecified atom stereocenters. The number of aryl methyl sites for hydroxylation is 1. The molecule has 1 aromatic carbocycles. The smallest absolute Gasteiger partial charge is 0.312 e. The fraction of sp³-hybridized carbons (Fsp3) is 0.267. The maximum atomic E-state index is 12.5. The van der Waals surface area contributed by atoms with Gasteiger partial charge < -0.3 is 14.5 Å². The van der Waals surface area contributed by atoms with Crippen molar-refractivity contribution in [2.24, 2.45) is 0 Å². The number of carboxylic acids is 1. The molecule has 21 heavy (non-hydrogen) atoms. The van der Waals surface area contributed by atoms with Crippen LogP contribution in [-0.4, -0.2) is 33.6 Å². The predicted octanol–water partition coefficient (Wildman–Crippen LogP) is 1.81. The minimum Gasteiger partial charge on any atom is -0.481 e. The van der Waals surface area contributed by atoms with E-state index in [2.05, 4.69) is 5.16 Å². The van der Waals surface area contributed by atoms with Crippen molar-refractivity contribution in [3.63, 3.8) is 0 Å². The highest BCUT2D eigenvalue weighted by Gasteiger charge is 2.33. The Morgan fingerprint density at radius 3 is 2.81 bits per heavy atom. The van der Waals surface area contributed by atoms with Crippen molar-refractivity contribution < 1.29 is 19.2 Å². The van der Waals surface area contributed by atoms with Crippen LogP contribution in [0.5, 0.6) is 0 Å². The Kier molecular flexibility index (Phi) is 3.21. The number of carboxylic acid groups (broad SMARTS) is 1. The lowest BCUT2D eigenvalue weighted by molar-refractivity contribution is -0.139. The Morgan fingerprint density at radius 1 is 1.38 bits per heavy atom. The highest BCUT2D eigenvalue weighted by atomic mass is 16.5. The Bertz CT molecular complexity index is 707. The molecule has 0 saturated heterocycles. The van der Waals surface area contributed by atoms with Gasteiger partial charge in [0.15, 0.2) is 0 Å². The first-order valence-corrected chi connectivity index (χ1v) is 6.59. The Balaban J connectivity index is 1.95. The standard InChI is InChI=1S/C15H14N2O4/c1-9-12(6-16-21-9)14(18)17-7-10-4-2-3-5-11(10)13(8-17)15(19)20/h2-6,13H,7-8H2,1H3,(H,19,20). The number of amides is 1. The average molecular weight is 286 g/mol. The van der Waals surface area contributed by atoms with Gasteiger partial charge in [0, 0.05) is 13.1 Å². The van der Waals surface area contributed by atoms with Crippen molar-refractivity contribution in [2.45, 2.75) is 19.4 Å². The SMILES string of the molecule is Cc1oncc1C(=O)N1Cc2ccccc2C(C(=O)O)C1. The second-order valence-electron chi connectivity index (χ2n) is 5.07. The molecule has 6 nitrogen and oxygen atoms in total. The highest BCUT2D eigenvalue weighted by Crippen LogP contribution is 2.29. The summed E-state index contributed by atoms with van der Waals surface area (Å²) in [7, 11) is 0. The summed E-state index contributed by atoms with van der Waals surface area (Å²) < 4.78 is 4.91. The summed E-state index contributed by atoms with van der Waals surface area (Å²) in [5.41, 5.74) is 2.01. The zero-order chi connectivity index (χ0) is 15.0. The molecule has 0 fully saturated rings.